The Hall–Kier alpha value is -4.57. The van der Waals surface area contributed by atoms with Gasteiger partial charge >= 0.3 is 0 Å². The SMILES string of the molecule is Cc1ccc(C2C(C#N)=C(C(=C=N)C#N)Nc3nc(N)c(C#N)c(N)c32)cc1. The van der Waals surface area contributed by atoms with Crippen LogP contribution in [0.3, 0.4) is 0 Å². The summed E-state index contributed by atoms with van der Waals surface area (Å²) in [5.41, 5.74) is 14.6. The van der Waals surface area contributed by atoms with Gasteiger partial charge in [-0.1, -0.05) is 29.8 Å². The molecule has 28 heavy (non-hydrogen) atoms. The van der Waals surface area contributed by atoms with Gasteiger partial charge < -0.3 is 16.8 Å². The summed E-state index contributed by atoms with van der Waals surface area (Å²) in [5, 5.41) is 38.9. The Morgan fingerprint density at radius 3 is 2.36 bits per heavy atom. The van der Waals surface area contributed by atoms with Crippen LogP contribution in [-0.2, 0) is 0 Å². The van der Waals surface area contributed by atoms with Crippen LogP contribution < -0.4 is 16.8 Å². The number of aryl methyl sites for hydroxylation is 1. The molecule has 0 fully saturated rings. The zero-order valence-electron chi connectivity index (χ0n) is 14.8. The summed E-state index contributed by atoms with van der Waals surface area (Å²) in [6, 6.07) is 13.4. The first-order chi connectivity index (χ1) is 13.5. The van der Waals surface area contributed by atoms with E-state index in [1.165, 1.54) is 0 Å². The van der Waals surface area contributed by atoms with Crippen LogP contribution in [0.4, 0.5) is 17.3 Å². The lowest BCUT2D eigenvalue weighted by Crippen LogP contribution is -2.23. The summed E-state index contributed by atoms with van der Waals surface area (Å²) in [6.45, 7) is 1.93. The number of hydrogen-bond acceptors (Lipinski definition) is 8. The van der Waals surface area contributed by atoms with Gasteiger partial charge in [-0.3, -0.25) is 5.41 Å². The number of nitriles is 3. The fourth-order valence-corrected chi connectivity index (χ4v) is 3.17. The molecule has 1 aliphatic rings. The van der Waals surface area contributed by atoms with Crippen molar-refractivity contribution in [2.75, 3.05) is 16.8 Å². The van der Waals surface area contributed by atoms with E-state index in [4.69, 9.17) is 16.9 Å². The molecule has 2 heterocycles. The maximum atomic E-state index is 9.87. The van der Waals surface area contributed by atoms with Gasteiger partial charge in [0.1, 0.15) is 34.9 Å². The van der Waals surface area contributed by atoms with Crippen LogP contribution in [0.5, 0.6) is 0 Å². The van der Waals surface area contributed by atoms with E-state index in [1.54, 1.807) is 0 Å². The van der Waals surface area contributed by atoms with E-state index in [-0.39, 0.29) is 39.7 Å². The fourth-order valence-electron chi connectivity index (χ4n) is 3.17. The molecule has 6 N–H and O–H groups in total. The summed E-state index contributed by atoms with van der Waals surface area (Å²) in [7, 11) is 0. The second kappa shape index (κ2) is 6.97. The highest BCUT2D eigenvalue weighted by Crippen LogP contribution is 2.46. The van der Waals surface area contributed by atoms with Gasteiger partial charge in [0.2, 0.25) is 0 Å². The molecule has 1 atom stereocenters. The average Bonchev–Trinajstić information content (AvgIpc) is 2.69. The molecule has 0 bridgehead atoms. The van der Waals surface area contributed by atoms with Gasteiger partial charge in [-0.15, -0.1) is 0 Å². The number of nitrogens with one attached hydrogen (secondary N) is 2. The van der Waals surface area contributed by atoms with Crippen molar-refractivity contribution in [1.82, 2.24) is 4.98 Å². The van der Waals surface area contributed by atoms with Gasteiger partial charge in [-0.05, 0) is 18.4 Å². The number of pyridine rings is 1. The Morgan fingerprint density at radius 2 is 1.82 bits per heavy atom. The van der Waals surface area contributed by atoms with Crippen molar-refractivity contribution in [3.63, 3.8) is 0 Å². The second-order valence-electron chi connectivity index (χ2n) is 6.14. The number of benzene rings is 1. The van der Waals surface area contributed by atoms with E-state index in [9.17, 15) is 15.8 Å². The highest BCUT2D eigenvalue weighted by Gasteiger charge is 2.35. The summed E-state index contributed by atoms with van der Waals surface area (Å²) in [4.78, 5) is 4.22. The molecule has 0 aliphatic carbocycles. The van der Waals surface area contributed by atoms with E-state index >= 15 is 0 Å². The van der Waals surface area contributed by atoms with Crippen molar-refractivity contribution >= 4 is 23.2 Å². The summed E-state index contributed by atoms with van der Waals surface area (Å²) in [5.74, 6) is 1.52. The van der Waals surface area contributed by atoms with Crippen molar-refractivity contribution < 1.29 is 0 Å². The minimum Gasteiger partial charge on any atom is -0.397 e. The molecule has 0 saturated heterocycles. The highest BCUT2D eigenvalue weighted by atomic mass is 15.1. The Bertz CT molecular complexity index is 1190. The number of allylic oxidation sites excluding steroid dienone is 2. The van der Waals surface area contributed by atoms with E-state index in [1.807, 2.05) is 49.2 Å². The predicted octanol–water partition coefficient (Wildman–Crippen LogP) is 2.46. The second-order valence-corrected chi connectivity index (χ2v) is 6.14. The molecule has 134 valence electrons. The third-order valence-electron chi connectivity index (χ3n) is 4.52. The number of anilines is 3. The minimum absolute atomic E-state index is 0.0292. The number of nitrogens with two attached hydrogens (primary N) is 2. The van der Waals surface area contributed by atoms with Crippen LogP contribution in [0.25, 0.3) is 0 Å². The summed E-state index contributed by atoms with van der Waals surface area (Å²) < 4.78 is 0. The molecule has 3 rings (SSSR count). The topological polar surface area (TPSA) is 172 Å². The zero-order chi connectivity index (χ0) is 20.4. The van der Waals surface area contributed by atoms with Crippen molar-refractivity contribution in [1.29, 1.82) is 21.2 Å². The van der Waals surface area contributed by atoms with Crippen molar-refractivity contribution in [2.24, 2.45) is 0 Å². The molecule has 8 heteroatoms. The van der Waals surface area contributed by atoms with Crippen molar-refractivity contribution in [2.45, 2.75) is 12.8 Å². The van der Waals surface area contributed by atoms with Gasteiger partial charge in [0, 0.05) is 5.56 Å². The number of hydrogen-bond donors (Lipinski definition) is 4. The normalized spacial score (nSPS) is 14.6. The first-order valence-electron chi connectivity index (χ1n) is 8.13. The molecule has 1 aliphatic heterocycles. The van der Waals surface area contributed by atoms with E-state index in [2.05, 4.69) is 16.4 Å². The number of rotatable bonds is 2. The largest absolute Gasteiger partial charge is 0.397 e. The van der Waals surface area contributed by atoms with E-state index in [0.29, 0.717) is 5.56 Å². The quantitative estimate of drug-likeness (QED) is 0.466. The lowest BCUT2D eigenvalue weighted by atomic mass is 9.80. The smallest absolute Gasteiger partial charge is 0.145 e. The molecular formula is C20H14N8. The maximum absolute atomic E-state index is 9.87. The molecule has 1 aromatic carbocycles. The molecule has 0 radical (unpaired) electrons. The van der Waals surface area contributed by atoms with E-state index < -0.39 is 5.92 Å². The molecule has 8 nitrogen and oxygen atoms in total. The number of nitrogens with zero attached hydrogens (tertiary/aromatic N) is 4. The van der Waals surface area contributed by atoms with Crippen LogP contribution in [0.15, 0.2) is 41.1 Å². The van der Waals surface area contributed by atoms with Crippen molar-refractivity contribution in [3.05, 3.63) is 63.4 Å². The first kappa shape index (κ1) is 18.2. The third kappa shape index (κ3) is 2.71. The van der Waals surface area contributed by atoms with Crippen LogP contribution >= 0.6 is 0 Å². The van der Waals surface area contributed by atoms with Gasteiger partial charge in [-0.2, -0.15) is 15.8 Å². The lowest BCUT2D eigenvalue weighted by Gasteiger charge is -2.29. The van der Waals surface area contributed by atoms with Gasteiger partial charge in [0.25, 0.3) is 0 Å². The summed E-state index contributed by atoms with van der Waals surface area (Å²) >= 11 is 0. The fraction of sp³-hybridized carbons (Fsp3) is 0.100. The molecular weight excluding hydrogens is 352 g/mol. The minimum atomic E-state index is -0.686. The van der Waals surface area contributed by atoms with Crippen LogP contribution in [0, 0.1) is 46.3 Å². The van der Waals surface area contributed by atoms with Crippen LogP contribution in [0.2, 0.25) is 0 Å². The Balaban J connectivity index is 2.43. The molecule has 0 spiro atoms. The number of aromatic nitrogens is 1. The highest BCUT2D eigenvalue weighted by molar-refractivity contribution is 5.84. The molecule has 1 aromatic heterocycles. The molecule has 0 amide bonds. The van der Waals surface area contributed by atoms with Gasteiger partial charge in [-0.25, -0.2) is 4.98 Å². The number of nitrogen functional groups attached to an aromatic ring is 2. The molecule has 1 unspecified atom stereocenters. The first-order valence-corrected chi connectivity index (χ1v) is 8.13. The van der Waals surface area contributed by atoms with Crippen LogP contribution in [0.1, 0.15) is 28.2 Å². The Labute approximate surface area is 161 Å². The predicted molar refractivity (Wildman–Crippen MR) is 104 cm³/mol. The van der Waals surface area contributed by atoms with E-state index in [0.717, 1.165) is 11.1 Å². The summed E-state index contributed by atoms with van der Waals surface area (Å²) in [6.07, 6.45) is 0. The zero-order valence-corrected chi connectivity index (χ0v) is 14.8. The maximum Gasteiger partial charge on any atom is 0.145 e. The Kier molecular flexibility index (Phi) is 4.54. The molecule has 2 aromatic rings. The average molecular weight is 366 g/mol. The lowest BCUT2D eigenvalue weighted by molar-refractivity contribution is 0.933. The number of fused-ring (bicyclic) bond motifs is 1. The third-order valence-corrected chi connectivity index (χ3v) is 4.52. The van der Waals surface area contributed by atoms with Crippen LogP contribution in [-0.4, -0.2) is 10.9 Å². The molecule has 0 saturated carbocycles. The monoisotopic (exact) mass is 366 g/mol. The van der Waals surface area contributed by atoms with Gasteiger partial charge in [0.15, 0.2) is 0 Å². The standard InChI is InChI=1S/C20H14N8/c1-10-2-4-11(5-3-10)15-13(8-23)18(12(6-21)7-22)27-20-16(15)17(25)14(9-24)19(26)28-20/h2-5,15,21H,1H3,(H5,25,26,27,28). The van der Waals surface area contributed by atoms with Gasteiger partial charge in [0.05, 0.1) is 28.9 Å². The van der Waals surface area contributed by atoms with Crippen molar-refractivity contribution in [3.8, 4) is 18.2 Å². The Morgan fingerprint density at radius 1 is 1.14 bits per heavy atom.